The maximum atomic E-state index is 12.6. The topological polar surface area (TPSA) is 109 Å². The first-order valence-corrected chi connectivity index (χ1v) is 13.4. The number of hydrogen-bond acceptors (Lipinski definition) is 5. The zero-order chi connectivity index (χ0) is 21.3. The molecule has 3 rings (SSSR count). The number of sulfonamides is 1. The van der Waals surface area contributed by atoms with Gasteiger partial charge in [0, 0.05) is 12.5 Å². The van der Waals surface area contributed by atoms with Crippen molar-refractivity contribution in [1.29, 1.82) is 0 Å². The number of carbonyl (C=O) groups excluding carboxylic acids is 1. The first-order valence-electron chi connectivity index (χ1n) is 10.1. The molecule has 0 bridgehead atoms. The van der Waals surface area contributed by atoms with E-state index in [0.717, 1.165) is 18.4 Å². The van der Waals surface area contributed by atoms with Crippen molar-refractivity contribution in [3.63, 3.8) is 0 Å². The molecule has 2 aliphatic rings. The van der Waals surface area contributed by atoms with Crippen LogP contribution < -0.4 is 10.0 Å². The van der Waals surface area contributed by atoms with Crippen molar-refractivity contribution in [2.45, 2.75) is 56.4 Å². The number of rotatable bonds is 6. The second kappa shape index (κ2) is 8.35. The Kier molecular flexibility index (Phi) is 6.41. The van der Waals surface area contributed by atoms with E-state index >= 15 is 0 Å². The van der Waals surface area contributed by atoms with E-state index in [9.17, 15) is 21.6 Å². The number of sulfone groups is 1. The van der Waals surface area contributed by atoms with Crippen molar-refractivity contribution < 1.29 is 21.6 Å². The molecule has 1 aliphatic heterocycles. The quantitative estimate of drug-likeness (QED) is 0.698. The van der Waals surface area contributed by atoms with Gasteiger partial charge in [0.05, 0.1) is 21.9 Å². The first kappa shape index (κ1) is 22.2. The van der Waals surface area contributed by atoms with E-state index in [0.29, 0.717) is 25.8 Å². The number of nitrogens with one attached hydrogen (secondary N) is 2. The minimum atomic E-state index is -3.53. The summed E-state index contributed by atoms with van der Waals surface area (Å²) in [4.78, 5) is 12.8. The van der Waals surface area contributed by atoms with E-state index in [1.807, 2.05) is 6.92 Å². The molecule has 1 aromatic rings. The summed E-state index contributed by atoms with van der Waals surface area (Å²) < 4.78 is 50.9. The summed E-state index contributed by atoms with van der Waals surface area (Å²) in [5.74, 6) is 0.101. The number of amides is 1. The Labute approximate surface area is 173 Å². The monoisotopic (exact) mass is 442 g/mol. The third-order valence-electron chi connectivity index (χ3n) is 6.04. The molecule has 1 atom stereocenters. The highest BCUT2D eigenvalue weighted by molar-refractivity contribution is 7.91. The van der Waals surface area contributed by atoms with Gasteiger partial charge >= 0.3 is 0 Å². The van der Waals surface area contributed by atoms with E-state index in [-0.39, 0.29) is 34.1 Å². The third-order valence-corrected chi connectivity index (χ3v) is 9.38. The average Bonchev–Trinajstić information content (AvgIpc) is 2.93. The molecule has 29 heavy (non-hydrogen) atoms. The van der Waals surface area contributed by atoms with Gasteiger partial charge < -0.3 is 5.32 Å². The molecule has 1 saturated heterocycles. The van der Waals surface area contributed by atoms with Crippen molar-refractivity contribution in [1.82, 2.24) is 10.0 Å². The lowest BCUT2D eigenvalue weighted by Crippen LogP contribution is -2.49. The minimum absolute atomic E-state index is 0.00186. The molecular weight excluding hydrogens is 412 g/mol. The predicted molar refractivity (Wildman–Crippen MR) is 112 cm³/mol. The van der Waals surface area contributed by atoms with Gasteiger partial charge in [-0.15, -0.1) is 0 Å². The number of benzene rings is 1. The van der Waals surface area contributed by atoms with Gasteiger partial charge in [-0.1, -0.05) is 17.7 Å². The SMILES string of the molecule is Cc1ccc(S(=O)(=O)NCC2CCC(C(=O)NC3(C)CCS(=O)(=O)C3)CC2)cc1. The number of aryl methyl sites for hydroxylation is 1. The van der Waals surface area contributed by atoms with E-state index in [4.69, 9.17) is 0 Å². The second-order valence-electron chi connectivity index (χ2n) is 8.77. The zero-order valence-electron chi connectivity index (χ0n) is 17.0. The Morgan fingerprint density at radius 3 is 2.31 bits per heavy atom. The van der Waals surface area contributed by atoms with Crippen LogP contribution in [-0.2, 0) is 24.7 Å². The maximum Gasteiger partial charge on any atom is 0.240 e. The lowest BCUT2D eigenvalue weighted by molar-refractivity contribution is -0.127. The highest BCUT2D eigenvalue weighted by Crippen LogP contribution is 2.30. The Hall–Kier alpha value is -1.45. The third kappa shape index (κ3) is 5.79. The summed E-state index contributed by atoms with van der Waals surface area (Å²) in [5, 5.41) is 2.95. The highest BCUT2D eigenvalue weighted by atomic mass is 32.2. The summed E-state index contributed by atoms with van der Waals surface area (Å²) in [6.45, 7) is 4.06. The van der Waals surface area contributed by atoms with Crippen molar-refractivity contribution in [2.24, 2.45) is 11.8 Å². The van der Waals surface area contributed by atoms with Crippen molar-refractivity contribution in [2.75, 3.05) is 18.1 Å². The van der Waals surface area contributed by atoms with E-state index in [1.54, 1.807) is 31.2 Å². The molecule has 1 unspecified atom stereocenters. The second-order valence-corrected chi connectivity index (χ2v) is 12.7. The Morgan fingerprint density at radius 1 is 1.14 bits per heavy atom. The van der Waals surface area contributed by atoms with E-state index < -0.39 is 25.4 Å². The van der Waals surface area contributed by atoms with Crippen LogP contribution in [0.2, 0.25) is 0 Å². The van der Waals surface area contributed by atoms with Crippen LogP contribution in [0.3, 0.4) is 0 Å². The van der Waals surface area contributed by atoms with E-state index in [2.05, 4.69) is 10.0 Å². The minimum Gasteiger partial charge on any atom is -0.350 e. The van der Waals surface area contributed by atoms with Gasteiger partial charge in [0.1, 0.15) is 0 Å². The summed E-state index contributed by atoms with van der Waals surface area (Å²) in [5.41, 5.74) is 0.334. The van der Waals surface area contributed by atoms with Crippen LogP contribution >= 0.6 is 0 Å². The number of hydrogen-bond donors (Lipinski definition) is 2. The lowest BCUT2D eigenvalue weighted by Gasteiger charge is -2.31. The molecule has 2 fully saturated rings. The molecule has 9 heteroatoms. The number of carbonyl (C=O) groups is 1. The van der Waals surface area contributed by atoms with Crippen LogP contribution in [0.15, 0.2) is 29.2 Å². The first-order chi connectivity index (χ1) is 13.5. The van der Waals surface area contributed by atoms with E-state index in [1.165, 1.54) is 0 Å². The van der Waals surface area contributed by atoms with Crippen LogP contribution in [0.1, 0.15) is 44.6 Å². The van der Waals surface area contributed by atoms with Gasteiger partial charge in [-0.3, -0.25) is 4.79 Å². The largest absolute Gasteiger partial charge is 0.350 e. The highest BCUT2D eigenvalue weighted by Gasteiger charge is 2.40. The van der Waals surface area contributed by atoms with Crippen LogP contribution in [0, 0.1) is 18.8 Å². The van der Waals surface area contributed by atoms with Crippen LogP contribution in [0.5, 0.6) is 0 Å². The molecule has 162 valence electrons. The van der Waals surface area contributed by atoms with Crippen molar-refractivity contribution >= 4 is 25.8 Å². The maximum absolute atomic E-state index is 12.6. The van der Waals surface area contributed by atoms with Gasteiger partial charge in [0.2, 0.25) is 15.9 Å². The molecule has 7 nitrogen and oxygen atoms in total. The smallest absolute Gasteiger partial charge is 0.240 e. The molecule has 0 radical (unpaired) electrons. The molecule has 2 N–H and O–H groups in total. The summed E-state index contributed by atoms with van der Waals surface area (Å²) >= 11 is 0. The fourth-order valence-electron chi connectivity index (χ4n) is 4.17. The molecule has 1 heterocycles. The average molecular weight is 443 g/mol. The van der Waals surface area contributed by atoms with Gasteiger partial charge in [0.15, 0.2) is 9.84 Å². The summed E-state index contributed by atoms with van der Waals surface area (Å²) in [7, 11) is -6.59. The van der Waals surface area contributed by atoms with Gasteiger partial charge in [-0.05, 0) is 64.0 Å². The summed E-state index contributed by atoms with van der Waals surface area (Å²) in [6, 6.07) is 6.74. The van der Waals surface area contributed by atoms with Crippen molar-refractivity contribution in [3.8, 4) is 0 Å². The molecule has 0 aromatic heterocycles. The fourth-order valence-corrected chi connectivity index (χ4v) is 7.37. The predicted octanol–water partition coefficient (Wildman–Crippen LogP) is 1.77. The Balaban J connectivity index is 1.47. The normalized spacial score (nSPS) is 29.4. The molecule has 1 aliphatic carbocycles. The molecule has 0 spiro atoms. The van der Waals surface area contributed by atoms with Crippen molar-refractivity contribution in [3.05, 3.63) is 29.8 Å². The molecular formula is C20H30N2O5S2. The molecule has 1 saturated carbocycles. The van der Waals surface area contributed by atoms with Crippen LogP contribution in [0.4, 0.5) is 0 Å². The van der Waals surface area contributed by atoms with Crippen LogP contribution in [0.25, 0.3) is 0 Å². The fraction of sp³-hybridized carbons (Fsp3) is 0.650. The Bertz CT molecular complexity index is 949. The Morgan fingerprint density at radius 2 is 1.76 bits per heavy atom. The zero-order valence-corrected chi connectivity index (χ0v) is 18.6. The molecule has 1 amide bonds. The van der Waals surface area contributed by atoms with Gasteiger partial charge in [-0.2, -0.15) is 0 Å². The standard InChI is InChI=1S/C20H30N2O5S2/c1-15-3-9-18(10-4-15)29(26,27)21-13-16-5-7-17(8-6-16)19(23)22-20(2)11-12-28(24,25)14-20/h3-4,9-10,16-17,21H,5-8,11-14H2,1-2H3,(H,22,23). The van der Waals surface area contributed by atoms with Crippen LogP contribution in [-0.4, -0.2) is 46.3 Å². The lowest BCUT2D eigenvalue weighted by atomic mass is 9.81. The van der Waals surface area contributed by atoms with Gasteiger partial charge in [0.25, 0.3) is 0 Å². The van der Waals surface area contributed by atoms with Gasteiger partial charge in [-0.25, -0.2) is 21.6 Å². The molecule has 1 aromatic carbocycles. The summed E-state index contributed by atoms with van der Waals surface area (Å²) in [6.07, 6.45) is 3.36.